The number of amides is 1. The second-order valence-corrected chi connectivity index (χ2v) is 7.45. The van der Waals surface area contributed by atoms with Crippen molar-refractivity contribution in [1.82, 2.24) is 5.32 Å². The molecule has 6 heteroatoms. The molecule has 0 aliphatic carbocycles. The Morgan fingerprint density at radius 2 is 1.72 bits per heavy atom. The van der Waals surface area contributed by atoms with Crippen molar-refractivity contribution < 1.29 is 14.6 Å². The molecule has 29 heavy (non-hydrogen) atoms. The molecule has 2 N–H and O–H groups in total. The topological polar surface area (TPSA) is 58.6 Å². The number of benzene rings is 3. The number of halogens is 2. The normalized spacial score (nSPS) is 11.7. The maximum absolute atomic E-state index is 11.6. The first-order valence-corrected chi connectivity index (χ1v) is 9.88. The minimum atomic E-state index is -0.663. The molecule has 0 radical (unpaired) electrons. The van der Waals surface area contributed by atoms with Crippen molar-refractivity contribution in [2.45, 2.75) is 19.4 Å². The van der Waals surface area contributed by atoms with E-state index in [9.17, 15) is 9.90 Å². The molecule has 0 aliphatic heterocycles. The first-order chi connectivity index (χ1) is 13.9. The molecule has 1 atom stereocenters. The molecule has 0 heterocycles. The molecule has 0 fully saturated rings. The molecule has 3 aromatic rings. The molecule has 3 aromatic carbocycles. The van der Waals surface area contributed by atoms with Gasteiger partial charge in [0.05, 0.1) is 0 Å². The zero-order valence-electron chi connectivity index (χ0n) is 16.1. The first kappa shape index (κ1) is 21.0. The molecule has 0 spiro atoms. The van der Waals surface area contributed by atoms with Gasteiger partial charge in [0.25, 0.3) is 5.91 Å². The van der Waals surface area contributed by atoms with Gasteiger partial charge in [-0.3, -0.25) is 4.79 Å². The van der Waals surface area contributed by atoms with Crippen molar-refractivity contribution in [1.29, 1.82) is 0 Å². The Balaban J connectivity index is 1.86. The van der Waals surface area contributed by atoms with Crippen LogP contribution >= 0.6 is 23.2 Å². The fraction of sp³-hybridized carbons (Fsp3) is 0.174. The van der Waals surface area contributed by atoms with E-state index in [4.69, 9.17) is 27.9 Å². The summed E-state index contributed by atoms with van der Waals surface area (Å²) in [5, 5.41) is 13.7. The monoisotopic (exact) mass is 429 g/mol. The first-order valence-electron chi connectivity index (χ1n) is 9.12. The number of carbonyl (C=O) groups is 1. The molecule has 4 nitrogen and oxygen atoms in total. The van der Waals surface area contributed by atoms with Gasteiger partial charge in [0, 0.05) is 29.1 Å². The van der Waals surface area contributed by atoms with Crippen molar-refractivity contribution in [2.75, 3.05) is 7.05 Å². The molecular formula is C23H21Cl2NO3. The van der Waals surface area contributed by atoms with Crippen LogP contribution in [-0.4, -0.2) is 24.2 Å². The van der Waals surface area contributed by atoms with Gasteiger partial charge in [-0.15, -0.1) is 0 Å². The number of ether oxygens (including phenoxy) is 1. The van der Waals surface area contributed by atoms with Gasteiger partial charge in [-0.05, 0) is 47.9 Å². The van der Waals surface area contributed by atoms with Gasteiger partial charge >= 0.3 is 0 Å². The number of carbonyl (C=O) groups excluding carboxylic acids is 1. The number of rotatable bonds is 6. The van der Waals surface area contributed by atoms with Gasteiger partial charge in [-0.1, -0.05) is 59.6 Å². The molecule has 0 aromatic heterocycles. The summed E-state index contributed by atoms with van der Waals surface area (Å²) in [4.78, 5) is 11.6. The van der Waals surface area contributed by atoms with Gasteiger partial charge in [-0.25, -0.2) is 0 Å². The van der Waals surface area contributed by atoms with Crippen LogP contribution in [-0.2, 0) is 11.2 Å². The number of phenolic OH excluding ortho intramolecular Hbond substituents is 1. The van der Waals surface area contributed by atoms with E-state index < -0.39 is 6.10 Å². The average molecular weight is 430 g/mol. The van der Waals surface area contributed by atoms with Gasteiger partial charge in [-0.2, -0.15) is 0 Å². The zero-order chi connectivity index (χ0) is 21.0. The highest BCUT2D eigenvalue weighted by atomic mass is 35.5. The zero-order valence-corrected chi connectivity index (χ0v) is 17.6. The molecule has 0 unspecified atom stereocenters. The highest BCUT2D eigenvalue weighted by Gasteiger charge is 2.16. The van der Waals surface area contributed by atoms with E-state index in [2.05, 4.69) is 5.32 Å². The van der Waals surface area contributed by atoms with Gasteiger partial charge in [0.15, 0.2) is 6.10 Å². The van der Waals surface area contributed by atoms with E-state index in [1.54, 1.807) is 32.2 Å². The predicted octanol–water partition coefficient (Wildman–Crippen LogP) is 5.47. The van der Waals surface area contributed by atoms with Crippen molar-refractivity contribution in [3.05, 3.63) is 81.8 Å². The Morgan fingerprint density at radius 3 is 2.34 bits per heavy atom. The Kier molecular flexibility index (Phi) is 6.68. The van der Waals surface area contributed by atoms with Gasteiger partial charge in [0.2, 0.25) is 0 Å². The van der Waals surface area contributed by atoms with Crippen LogP contribution in [0.3, 0.4) is 0 Å². The summed E-state index contributed by atoms with van der Waals surface area (Å²) in [5.41, 5.74) is 3.38. The van der Waals surface area contributed by atoms with Gasteiger partial charge in [0.1, 0.15) is 11.5 Å². The number of likely N-dealkylation sites (N-methyl/N-ethyl adjacent to an activating group) is 1. The molecule has 0 saturated carbocycles. The third kappa shape index (κ3) is 5.03. The lowest BCUT2D eigenvalue weighted by Crippen LogP contribution is -2.33. The third-order valence-electron chi connectivity index (χ3n) is 4.57. The summed E-state index contributed by atoms with van der Waals surface area (Å²) >= 11 is 12.9. The van der Waals surface area contributed by atoms with Crippen molar-refractivity contribution >= 4 is 29.1 Å². The molecule has 3 rings (SSSR count). The summed E-state index contributed by atoms with van der Waals surface area (Å²) in [6.07, 6.45) is -0.174. The quantitative estimate of drug-likeness (QED) is 0.545. The minimum absolute atomic E-state index is 0.212. The summed E-state index contributed by atoms with van der Waals surface area (Å²) in [7, 11) is 1.55. The third-order valence-corrected chi connectivity index (χ3v) is 5.24. The van der Waals surface area contributed by atoms with Gasteiger partial charge < -0.3 is 15.2 Å². The fourth-order valence-electron chi connectivity index (χ4n) is 3.02. The van der Waals surface area contributed by atoms with Crippen LogP contribution in [0.4, 0.5) is 0 Å². The van der Waals surface area contributed by atoms with Crippen LogP contribution in [0, 0.1) is 0 Å². The number of aromatic hydroxyl groups is 1. The maximum atomic E-state index is 11.6. The van der Waals surface area contributed by atoms with Crippen LogP contribution in [0.2, 0.25) is 10.0 Å². The van der Waals surface area contributed by atoms with Crippen LogP contribution in [0.1, 0.15) is 18.1 Å². The lowest BCUT2D eigenvalue weighted by Gasteiger charge is -2.16. The van der Waals surface area contributed by atoms with E-state index in [0.717, 1.165) is 22.3 Å². The summed E-state index contributed by atoms with van der Waals surface area (Å²) in [6.45, 7) is 1.65. The molecular weight excluding hydrogens is 409 g/mol. The smallest absolute Gasteiger partial charge is 0.260 e. The Hall–Kier alpha value is -2.69. The summed E-state index contributed by atoms with van der Waals surface area (Å²) in [6, 6.07) is 18.4. The molecule has 1 amide bonds. The Bertz CT molecular complexity index is 999. The molecule has 150 valence electrons. The van der Waals surface area contributed by atoms with E-state index in [1.807, 2.05) is 42.5 Å². The van der Waals surface area contributed by atoms with E-state index >= 15 is 0 Å². The van der Waals surface area contributed by atoms with Crippen LogP contribution < -0.4 is 10.1 Å². The predicted molar refractivity (Wildman–Crippen MR) is 117 cm³/mol. The standard InChI is InChI=1S/C23H21Cl2NO3/c1-14(23(28)26-2)29-17-12-20(24)19(21(25)13-17)11-15-8-9-22(27)18(10-15)16-6-4-3-5-7-16/h3-10,12-14,27H,11H2,1-2H3,(H,26,28)/t14-/m0/s1. The average Bonchev–Trinajstić information content (AvgIpc) is 2.71. The van der Waals surface area contributed by atoms with Crippen LogP contribution in [0.25, 0.3) is 11.1 Å². The van der Waals surface area contributed by atoms with Crippen LogP contribution in [0.15, 0.2) is 60.7 Å². The van der Waals surface area contributed by atoms with Crippen LogP contribution in [0.5, 0.6) is 11.5 Å². The lowest BCUT2D eigenvalue weighted by atomic mass is 9.98. The SMILES string of the molecule is CNC(=O)[C@H](C)Oc1cc(Cl)c(Cc2ccc(O)c(-c3ccccc3)c2)c(Cl)c1. The second kappa shape index (κ2) is 9.21. The maximum Gasteiger partial charge on any atom is 0.260 e. The number of phenols is 1. The fourth-order valence-corrected chi connectivity index (χ4v) is 3.62. The Labute approximate surface area is 180 Å². The highest BCUT2D eigenvalue weighted by Crippen LogP contribution is 2.35. The van der Waals surface area contributed by atoms with Crippen molar-refractivity contribution in [3.63, 3.8) is 0 Å². The molecule has 0 saturated heterocycles. The Morgan fingerprint density at radius 1 is 1.07 bits per heavy atom. The second-order valence-electron chi connectivity index (χ2n) is 6.63. The summed E-state index contributed by atoms with van der Waals surface area (Å²) < 4.78 is 5.61. The van der Waals surface area contributed by atoms with E-state index in [1.165, 1.54) is 0 Å². The van der Waals surface area contributed by atoms with E-state index in [0.29, 0.717) is 22.2 Å². The van der Waals surface area contributed by atoms with Crippen molar-refractivity contribution in [2.24, 2.45) is 0 Å². The summed E-state index contributed by atoms with van der Waals surface area (Å²) in [5.74, 6) is 0.401. The molecule has 0 bridgehead atoms. The highest BCUT2D eigenvalue weighted by molar-refractivity contribution is 6.36. The number of hydrogen-bond donors (Lipinski definition) is 2. The minimum Gasteiger partial charge on any atom is -0.507 e. The number of hydrogen-bond acceptors (Lipinski definition) is 3. The number of nitrogens with one attached hydrogen (secondary N) is 1. The lowest BCUT2D eigenvalue weighted by molar-refractivity contribution is -0.126. The van der Waals surface area contributed by atoms with E-state index in [-0.39, 0.29) is 11.7 Å². The van der Waals surface area contributed by atoms with Crippen molar-refractivity contribution in [3.8, 4) is 22.6 Å². The molecule has 0 aliphatic rings. The largest absolute Gasteiger partial charge is 0.507 e.